The number of aromatic amines is 1. The van der Waals surface area contributed by atoms with Gasteiger partial charge in [-0.25, -0.2) is 0 Å². The fourth-order valence-corrected chi connectivity index (χ4v) is 1.83. The van der Waals surface area contributed by atoms with Crippen LogP contribution in [-0.2, 0) is 0 Å². The highest BCUT2D eigenvalue weighted by Gasteiger charge is 2.08. The van der Waals surface area contributed by atoms with Crippen molar-refractivity contribution < 1.29 is 5.11 Å². The molecular weight excluding hydrogens is 228 g/mol. The number of benzene rings is 1. The number of H-pyrrole nitrogens is 1. The first-order valence-corrected chi connectivity index (χ1v) is 5.69. The van der Waals surface area contributed by atoms with Crippen molar-refractivity contribution in [3.8, 4) is 17.0 Å². The third-order valence-corrected chi connectivity index (χ3v) is 2.95. The van der Waals surface area contributed by atoms with Gasteiger partial charge in [-0.15, -0.1) is 0 Å². The summed E-state index contributed by atoms with van der Waals surface area (Å²) in [5, 5.41) is 9.66. The van der Waals surface area contributed by atoms with E-state index in [1.807, 2.05) is 43.3 Å². The highest BCUT2D eigenvalue weighted by atomic mass is 16.3. The molecule has 0 bridgehead atoms. The van der Waals surface area contributed by atoms with Gasteiger partial charge in [-0.2, -0.15) is 0 Å². The van der Waals surface area contributed by atoms with Gasteiger partial charge in [0.2, 0.25) is 0 Å². The van der Waals surface area contributed by atoms with E-state index < -0.39 is 0 Å². The van der Waals surface area contributed by atoms with Gasteiger partial charge in [-0.05, 0) is 24.6 Å². The van der Waals surface area contributed by atoms with Crippen molar-refractivity contribution in [3.63, 3.8) is 0 Å². The third-order valence-electron chi connectivity index (χ3n) is 2.95. The Morgan fingerprint density at radius 2 is 1.78 bits per heavy atom. The Kier molecular flexibility index (Phi) is 3.10. The molecule has 0 unspecified atom stereocenters. The van der Waals surface area contributed by atoms with Crippen molar-refractivity contribution in [1.82, 2.24) is 4.98 Å². The fraction of sp³-hybridized carbons (Fsp3) is 0.214. The topological polar surface area (TPSA) is 56.3 Å². The van der Waals surface area contributed by atoms with E-state index >= 15 is 0 Å². The minimum absolute atomic E-state index is 0.0189. The van der Waals surface area contributed by atoms with Crippen LogP contribution < -0.4 is 10.5 Å². The van der Waals surface area contributed by atoms with E-state index in [-0.39, 0.29) is 11.3 Å². The molecule has 0 fully saturated rings. The minimum atomic E-state index is -0.301. The summed E-state index contributed by atoms with van der Waals surface area (Å²) in [5.41, 5.74) is 2.99. The lowest BCUT2D eigenvalue weighted by Crippen LogP contribution is -2.09. The number of hydrogen-bond donors (Lipinski definition) is 2. The van der Waals surface area contributed by atoms with Gasteiger partial charge in [-0.3, -0.25) is 4.79 Å². The lowest BCUT2D eigenvalue weighted by atomic mass is 10.1. The van der Waals surface area contributed by atoms with Crippen LogP contribution >= 0.6 is 0 Å². The van der Waals surface area contributed by atoms with Crippen LogP contribution in [0.3, 0.4) is 0 Å². The molecule has 2 rings (SSSR count). The molecule has 94 valence electrons. The normalized spacial score (nSPS) is 10.4. The standard InChI is InChI=1S/C14H16N2O2/c1-9-12(17)8-13(18)15-14(9)10-4-6-11(7-5-10)16(2)3/h4-8H,1-3H3,(H2,15,17,18). The van der Waals surface area contributed by atoms with Gasteiger partial charge in [0.25, 0.3) is 5.56 Å². The predicted octanol–water partition coefficient (Wildman–Crippen LogP) is 2.12. The van der Waals surface area contributed by atoms with Crippen molar-refractivity contribution in [1.29, 1.82) is 0 Å². The molecule has 0 atom stereocenters. The lowest BCUT2D eigenvalue weighted by Gasteiger charge is -2.13. The van der Waals surface area contributed by atoms with Crippen molar-refractivity contribution in [2.75, 3.05) is 19.0 Å². The lowest BCUT2D eigenvalue weighted by molar-refractivity contribution is 0.470. The van der Waals surface area contributed by atoms with E-state index in [9.17, 15) is 9.90 Å². The Balaban J connectivity index is 2.52. The second-order valence-electron chi connectivity index (χ2n) is 4.46. The molecule has 18 heavy (non-hydrogen) atoms. The first kappa shape index (κ1) is 12.2. The van der Waals surface area contributed by atoms with E-state index in [1.165, 1.54) is 6.07 Å². The predicted molar refractivity (Wildman–Crippen MR) is 73.2 cm³/mol. The molecule has 2 N–H and O–H groups in total. The fourth-order valence-electron chi connectivity index (χ4n) is 1.83. The van der Waals surface area contributed by atoms with Gasteiger partial charge in [0.1, 0.15) is 5.75 Å². The number of hydrogen-bond acceptors (Lipinski definition) is 3. The highest BCUT2D eigenvalue weighted by molar-refractivity contribution is 5.67. The van der Waals surface area contributed by atoms with Crippen molar-refractivity contribution in [2.45, 2.75) is 6.92 Å². The molecule has 0 amide bonds. The van der Waals surface area contributed by atoms with Crippen molar-refractivity contribution >= 4 is 5.69 Å². The molecule has 0 aliphatic rings. The Labute approximate surface area is 106 Å². The molecule has 0 radical (unpaired) electrons. The Morgan fingerprint density at radius 3 is 2.33 bits per heavy atom. The first-order chi connectivity index (χ1) is 8.49. The summed E-state index contributed by atoms with van der Waals surface area (Å²) >= 11 is 0. The Bertz CT molecular complexity index is 613. The number of nitrogens with zero attached hydrogens (tertiary/aromatic N) is 1. The molecule has 0 spiro atoms. The molecule has 0 aliphatic carbocycles. The molecule has 2 aromatic rings. The number of rotatable bonds is 2. The van der Waals surface area contributed by atoms with Crippen LogP contribution in [0.15, 0.2) is 35.1 Å². The molecule has 1 aromatic carbocycles. The molecular formula is C14H16N2O2. The van der Waals surface area contributed by atoms with Crippen molar-refractivity contribution in [2.24, 2.45) is 0 Å². The van der Waals surface area contributed by atoms with Gasteiger partial charge < -0.3 is 15.0 Å². The average Bonchev–Trinajstić information content (AvgIpc) is 2.34. The highest BCUT2D eigenvalue weighted by Crippen LogP contribution is 2.26. The van der Waals surface area contributed by atoms with Crippen LogP contribution in [0.1, 0.15) is 5.56 Å². The summed E-state index contributed by atoms with van der Waals surface area (Å²) < 4.78 is 0. The van der Waals surface area contributed by atoms with E-state index in [2.05, 4.69) is 4.98 Å². The van der Waals surface area contributed by atoms with Gasteiger partial charge in [0.15, 0.2) is 0 Å². The van der Waals surface area contributed by atoms with Crippen LogP contribution in [0.4, 0.5) is 5.69 Å². The minimum Gasteiger partial charge on any atom is -0.507 e. The van der Waals surface area contributed by atoms with E-state index in [1.54, 1.807) is 6.92 Å². The largest absolute Gasteiger partial charge is 0.507 e. The number of aromatic hydroxyl groups is 1. The molecule has 0 aliphatic heterocycles. The smallest absolute Gasteiger partial charge is 0.252 e. The van der Waals surface area contributed by atoms with Crippen LogP contribution in [-0.4, -0.2) is 24.2 Å². The van der Waals surface area contributed by atoms with Crippen LogP contribution in [0.5, 0.6) is 5.75 Å². The summed E-state index contributed by atoms with van der Waals surface area (Å²) in [6.07, 6.45) is 0. The average molecular weight is 244 g/mol. The van der Waals surface area contributed by atoms with E-state index in [0.717, 1.165) is 11.3 Å². The SMILES string of the molecule is Cc1c(O)cc(=O)[nH]c1-c1ccc(N(C)C)cc1. The summed E-state index contributed by atoms with van der Waals surface area (Å²) in [6.45, 7) is 1.78. The van der Waals surface area contributed by atoms with Crippen molar-refractivity contribution in [3.05, 3.63) is 46.2 Å². The van der Waals surface area contributed by atoms with Gasteiger partial charge in [0.05, 0.1) is 5.69 Å². The van der Waals surface area contributed by atoms with Gasteiger partial charge >= 0.3 is 0 Å². The summed E-state index contributed by atoms with van der Waals surface area (Å²) in [5.74, 6) is 0.0189. The van der Waals surface area contributed by atoms with E-state index in [4.69, 9.17) is 0 Å². The second kappa shape index (κ2) is 4.56. The maximum atomic E-state index is 11.4. The third kappa shape index (κ3) is 2.22. The van der Waals surface area contributed by atoms with E-state index in [0.29, 0.717) is 11.3 Å². The quantitative estimate of drug-likeness (QED) is 0.850. The zero-order chi connectivity index (χ0) is 13.3. The maximum Gasteiger partial charge on any atom is 0.252 e. The zero-order valence-electron chi connectivity index (χ0n) is 10.7. The molecule has 4 nitrogen and oxygen atoms in total. The maximum absolute atomic E-state index is 11.4. The van der Waals surface area contributed by atoms with Gasteiger partial charge in [-0.1, -0.05) is 12.1 Å². The molecule has 0 saturated carbocycles. The number of nitrogens with one attached hydrogen (secondary N) is 1. The second-order valence-corrected chi connectivity index (χ2v) is 4.46. The molecule has 4 heteroatoms. The summed E-state index contributed by atoms with van der Waals surface area (Å²) in [6, 6.07) is 8.97. The number of anilines is 1. The van der Waals surface area contributed by atoms with Crippen LogP contribution in [0.2, 0.25) is 0 Å². The number of aromatic nitrogens is 1. The molecule has 1 aromatic heterocycles. The molecule has 0 saturated heterocycles. The Morgan fingerprint density at radius 1 is 1.17 bits per heavy atom. The Hall–Kier alpha value is -2.23. The van der Waals surface area contributed by atoms with Gasteiger partial charge in [0, 0.05) is 31.4 Å². The number of pyridine rings is 1. The van der Waals surface area contributed by atoms with Crippen LogP contribution in [0, 0.1) is 6.92 Å². The summed E-state index contributed by atoms with van der Waals surface area (Å²) in [4.78, 5) is 16.1. The van der Waals surface area contributed by atoms with Crippen LogP contribution in [0.25, 0.3) is 11.3 Å². The zero-order valence-corrected chi connectivity index (χ0v) is 10.7. The first-order valence-electron chi connectivity index (χ1n) is 5.69. The molecule has 1 heterocycles. The monoisotopic (exact) mass is 244 g/mol. The summed E-state index contributed by atoms with van der Waals surface area (Å²) in [7, 11) is 3.94.